The van der Waals surface area contributed by atoms with E-state index in [1.807, 2.05) is 23.5 Å². The number of hydrogen-bond donors (Lipinski definition) is 0. The van der Waals surface area contributed by atoms with Crippen LogP contribution in [0.1, 0.15) is 25.0 Å². The van der Waals surface area contributed by atoms with Crippen LogP contribution in [0, 0.1) is 0 Å². The van der Waals surface area contributed by atoms with Crippen molar-refractivity contribution in [1.82, 2.24) is 4.57 Å². The van der Waals surface area contributed by atoms with Crippen molar-refractivity contribution in [2.24, 2.45) is 0 Å². The van der Waals surface area contributed by atoms with Crippen LogP contribution < -0.4 is 4.90 Å². The van der Waals surface area contributed by atoms with Crippen molar-refractivity contribution in [2.45, 2.75) is 38.8 Å². The second kappa shape index (κ2) is 14.2. The van der Waals surface area contributed by atoms with Crippen LogP contribution in [0.4, 0.5) is 17.1 Å². The van der Waals surface area contributed by atoms with E-state index in [1.165, 1.54) is 85.9 Å². The lowest BCUT2D eigenvalue weighted by atomic mass is 9.81. The number of fused-ring (bicyclic) bond motifs is 10. The first-order chi connectivity index (χ1) is 30.0. The number of aromatic nitrogens is 1. The second-order valence-electron chi connectivity index (χ2n) is 16.5. The van der Waals surface area contributed by atoms with E-state index in [2.05, 4.69) is 230 Å². The van der Waals surface area contributed by atoms with Gasteiger partial charge in [-0.25, -0.2) is 0 Å². The summed E-state index contributed by atoms with van der Waals surface area (Å²) >= 11 is 3.79. The Labute approximate surface area is 365 Å². The number of hydrogen-bond acceptors (Lipinski definition) is 3. The molecule has 0 N–H and O–H groups in total. The van der Waals surface area contributed by atoms with Gasteiger partial charge in [-0.05, 0) is 111 Å². The Morgan fingerprint density at radius 1 is 0.393 bits per heavy atom. The van der Waals surface area contributed by atoms with Crippen molar-refractivity contribution in [2.75, 3.05) is 4.90 Å². The lowest BCUT2D eigenvalue weighted by Gasteiger charge is -2.27. The third kappa shape index (κ3) is 5.81. The Morgan fingerprint density at radius 2 is 0.885 bits per heavy atom. The molecule has 0 atom stereocenters. The van der Waals surface area contributed by atoms with Gasteiger partial charge in [-0.2, -0.15) is 0 Å². The van der Waals surface area contributed by atoms with E-state index in [4.69, 9.17) is 0 Å². The molecular formula is C57H40N2S2. The number of benzene rings is 9. The Hall–Kier alpha value is -6.72. The van der Waals surface area contributed by atoms with Crippen LogP contribution in [0.2, 0.25) is 0 Å². The fraction of sp³-hybridized carbons (Fsp3) is 0.0526. The molecule has 1 aliphatic carbocycles. The van der Waals surface area contributed by atoms with Gasteiger partial charge in [0, 0.05) is 53.6 Å². The van der Waals surface area contributed by atoms with Crippen LogP contribution in [-0.4, -0.2) is 4.57 Å². The van der Waals surface area contributed by atoms with Gasteiger partial charge >= 0.3 is 0 Å². The van der Waals surface area contributed by atoms with Gasteiger partial charge in [-0.15, -0.1) is 0 Å². The summed E-state index contributed by atoms with van der Waals surface area (Å²) in [6, 6.07) is 75.7. The molecule has 0 saturated carbocycles. The van der Waals surface area contributed by atoms with Gasteiger partial charge < -0.3 is 9.47 Å². The largest absolute Gasteiger partial charge is 0.311 e. The molecule has 0 amide bonds. The molecule has 290 valence electrons. The molecule has 1 aliphatic heterocycles. The van der Waals surface area contributed by atoms with Crippen molar-refractivity contribution in [1.29, 1.82) is 0 Å². The van der Waals surface area contributed by atoms with Crippen LogP contribution in [0.5, 0.6) is 0 Å². The highest BCUT2D eigenvalue weighted by atomic mass is 32.2. The van der Waals surface area contributed by atoms with Crippen molar-refractivity contribution in [3.8, 4) is 39.1 Å². The quantitative estimate of drug-likeness (QED) is 0.165. The van der Waals surface area contributed by atoms with Gasteiger partial charge in [0.1, 0.15) is 0 Å². The summed E-state index contributed by atoms with van der Waals surface area (Å²) in [6.07, 6.45) is 0. The molecule has 10 aromatic rings. The van der Waals surface area contributed by atoms with Gasteiger partial charge in [0.05, 0.1) is 15.9 Å². The standard InChI is InChI=1S/C57H40N2S2/c1-57(2)49-18-10-9-17-45(49)46-33-34-47-48-35-36-52-56(61-51-20-12-11-19-50(51)60-52)55(48)59(54(47)53(46)57)44-31-29-43(30-32-44)58(41-25-21-39(22-26-41)37-13-5-3-6-14-37)42-27-23-40(24-28-42)38-15-7-4-8-16-38/h3-36H,1-2H3. The van der Waals surface area contributed by atoms with Crippen LogP contribution in [-0.2, 0) is 5.41 Å². The molecule has 2 heterocycles. The molecule has 0 saturated heterocycles. The summed E-state index contributed by atoms with van der Waals surface area (Å²) in [5.41, 5.74) is 17.1. The topological polar surface area (TPSA) is 8.17 Å². The minimum atomic E-state index is -0.180. The first-order valence-corrected chi connectivity index (χ1v) is 22.6. The molecule has 2 nitrogen and oxygen atoms in total. The van der Waals surface area contributed by atoms with Gasteiger partial charge in [-0.3, -0.25) is 0 Å². The average molecular weight is 817 g/mol. The maximum atomic E-state index is 2.59. The summed E-state index contributed by atoms with van der Waals surface area (Å²) < 4.78 is 2.59. The summed E-state index contributed by atoms with van der Waals surface area (Å²) in [5, 5.41) is 2.59. The zero-order valence-corrected chi connectivity index (χ0v) is 35.5. The molecule has 9 aromatic carbocycles. The lowest BCUT2D eigenvalue weighted by molar-refractivity contribution is 0.664. The normalized spacial score (nSPS) is 13.4. The third-order valence-electron chi connectivity index (χ3n) is 12.6. The van der Waals surface area contributed by atoms with Crippen LogP contribution in [0.15, 0.2) is 226 Å². The zero-order valence-electron chi connectivity index (χ0n) is 33.8. The van der Waals surface area contributed by atoms with Crippen molar-refractivity contribution >= 4 is 62.4 Å². The van der Waals surface area contributed by atoms with E-state index >= 15 is 0 Å². The fourth-order valence-corrected chi connectivity index (χ4v) is 12.1. The summed E-state index contributed by atoms with van der Waals surface area (Å²) in [7, 11) is 0. The zero-order chi connectivity index (χ0) is 40.7. The molecule has 4 heteroatoms. The Morgan fingerprint density at radius 3 is 1.51 bits per heavy atom. The highest BCUT2D eigenvalue weighted by molar-refractivity contribution is 8.05. The monoisotopic (exact) mass is 816 g/mol. The SMILES string of the molecule is CC1(C)c2ccccc2-c2ccc3c4ccc5c(c4n(-c4ccc(N(c6ccc(-c7ccccc7)cc6)c6ccc(-c7ccccc7)cc6)cc4)c3c21)Sc1ccccc1S5. The molecule has 0 fully saturated rings. The summed E-state index contributed by atoms with van der Waals surface area (Å²) in [4.78, 5) is 7.63. The maximum Gasteiger partial charge on any atom is 0.0692 e. The average Bonchev–Trinajstić information content (AvgIpc) is 3.78. The smallest absolute Gasteiger partial charge is 0.0692 e. The summed E-state index contributed by atoms with van der Waals surface area (Å²) in [5.74, 6) is 0. The summed E-state index contributed by atoms with van der Waals surface area (Å²) in [6.45, 7) is 4.81. The Bertz CT molecular complexity index is 3210. The van der Waals surface area contributed by atoms with Crippen LogP contribution in [0.3, 0.4) is 0 Å². The number of anilines is 3. The number of rotatable bonds is 6. The molecule has 0 radical (unpaired) electrons. The second-order valence-corrected chi connectivity index (χ2v) is 18.6. The van der Waals surface area contributed by atoms with E-state index < -0.39 is 0 Å². The third-order valence-corrected chi connectivity index (χ3v) is 15.2. The first-order valence-electron chi connectivity index (χ1n) is 20.9. The first kappa shape index (κ1) is 36.2. The van der Waals surface area contributed by atoms with Crippen molar-refractivity contribution in [3.05, 3.63) is 217 Å². The molecule has 2 aliphatic rings. The van der Waals surface area contributed by atoms with E-state index in [0.29, 0.717) is 0 Å². The molecule has 61 heavy (non-hydrogen) atoms. The van der Waals surface area contributed by atoms with Gasteiger partial charge in [0.15, 0.2) is 0 Å². The maximum absolute atomic E-state index is 2.59. The number of nitrogens with zero attached hydrogens (tertiary/aromatic N) is 2. The van der Waals surface area contributed by atoms with E-state index in [9.17, 15) is 0 Å². The van der Waals surface area contributed by atoms with E-state index in [-0.39, 0.29) is 5.41 Å². The van der Waals surface area contributed by atoms with Crippen molar-refractivity contribution in [3.63, 3.8) is 0 Å². The van der Waals surface area contributed by atoms with Crippen molar-refractivity contribution < 1.29 is 0 Å². The Balaban J connectivity index is 1.05. The predicted octanol–water partition coefficient (Wildman–Crippen LogP) is 16.5. The lowest BCUT2D eigenvalue weighted by Crippen LogP contribution is -2.16. The molecule has 0 spiro atoms. The highest BCUT2D eigenvalue weighted by Gasteiger charge is 2.39. The highest BCUT2D eigenvalue weighted by Crippen LogP contribution is 2.56. The van der Waals surface area contributed by atoms with Gasteiger partial charge in [0.25, 0.3) is 0 Å². The van der Waals surface area contributed by atoms with Gasteiger partial charge in [0.2, 0.25) is 0 Å². The molecule has 0 unspecified atom stereocenters. The molecular weight excluding hydrogens is 777 g/mol. The van der Waals surface area contributed by atoms with Gasteiger partial charge in [-0.1, -0.05) is 177 Å². The molecule has 1 aromatic heterocycles. The van der Waals surface area contributed by atoms with E-state index in [0.717, 1.165) is 22.7 Å². The molecule has 12 rings (SSSR count). The van der Waals surface area contributed by atoms with E-state index in [1.54, 1.807) is 0 Å². The minimum Gasteiger partial charge on any atom is -0.311 e. The fourth-order valence-electron chi connectivity index (χ4n) is 9.75. The Kier molecular flexibility index (Phi) is 8.42. The van der Waals surface area contributed by atoms with Crippen LogP contribution in [0.25, 0.3) is 60.9 Å². The minimum absolute atomic E-state index is 0.180. The van der Waals surface area contributed by atoms with Crippen LogP contribution >= 0.6 is 23.5 Å². The molecule has 0 bridgehead atoms. The predicted molar refractivity (Wildman–Crippen MR) is 259 cm³/mol.